The molecule has 1 heterocycles. The molecule has 2 aromatic carbocycles. The molecule has 0 aromatic heterocycles. The number of methoxy groups -OCH3 is 1. The van der Waals surface area contributed by atoms with Crippen LogP contribution in [0.3, 0.4) is 0 Å². The highest BCUT2D eigenvalue weighted by molar-refractivity contribution is 5.91. The Morgan fingerprint density at radius 3 is 2.34 bits per heavy atom. The van der Waals surface area contributed by atoms with Crippen LogP contribution in [0, 0.1) is 0 Å². The normalized spacial score (nSPS) is 14.9. The molecule has 3 rings (SSSR count). The molecule has 0 bridgehead atoms. The van der Waals surface area contributed by atoms with Gasteiger partial charge in [-0.2, -0.15) is 0 Å². The van der Waals surface area contributed by atoms with Crippen LogP contribution in [0.15, 0.2) is 54.6 Å². The topological polar surface area (TPSA) is 99.8 Å². The third-order valence-electron chi connectivity index (χ3n) is 5.45. The zero-order chi connectivity index (χ0) is 22.9. The van der Waals surface area contributed by atoms with Crippen LogP contribution in [0.1, 0.15) is 25.3 Å². The molecule has 1 fully saturated rings. The second kappa shape index (κ2) is 11.2. The number of carbonyl (C=O) groups is 3. The fourth-order valence-corrected chi connectivity index (χ4v) is 3.78. The zero-order valence-corrected chi connectivity index (χ0v) is 18.5. The number of urea groups is 1. The van der Waals surface area contributed by atoms with Crippen LogP contribution in [0.5, 0.6) is 5.75 Å². The van der Waals surface area contributed by atoms with Gasteiger partial charge in [-0.05, 0) is 30.5 Å². The molecule has 0 radical (unpaired) electrons. The van der Waals surface area contributed by atoms with Gasteiger partial charge in [-0.1, -0.05) is 42.5 Å². The molecule has 170 valence electrons. The van der Waals surface area contributed by atoms with E-state index in [9.17, 15) is 14.4 Å². The van der Waals surface area contributed by atoms with E-state index in [4.69, 9.17) is 4.74 Å². The average Bonchev–Trinajstić information content (AvgIpc) is 2.80. The van der Waals surface area contributed by atoms with E-state index in [1.807, 2.05) is 42.5 Å². The fraction of sp³-hybridized carbons (Fsp3) is 0.375. The summed E-state index contributed by atoms with van der Waals surface area (Å²) in [5.74, 6) is 0.148. The summed E-state index contributed by atoms with van der Waals surface area (Å²) in [7, 11) is 1.56. The summed E-state index contributed by atoms with van der Waals surface area (Å²) in [6.07, 6.45) is 1.71. The van der Waals surface area contributed by atoms with Crippen molar-refractivity contribution in [3.8, 4) is 5.75 Å². The van der Waals surface area contributed by atoms with E-state index >= 15 is 0 Å². The Labute approximate surface area is 188 Å². The predicted octanol–water partition coefficient (Wildman–Crippen LogP) is 2.56. The fourth-order valence-electron chi connectivity index (χ4n) is 3.78. The molecule has 1 atom stereocenters. The first-order valence-corrected chi connectivity index (χ1v) is 10.8. The van der Waals surface area contributed by atoms with Gasteiger partial charge in [0.2, 0.25) is 11.8 Å². The largest absolute Gasteiger partial charge is 0.495 e. The number of hydrogen-bond donors (Lipinski definition) is 3. The summed E-state index contributed by atoms with van der Waals surface area (Å²) < 4.78 is 5.28. The standard InChI is InChI=1S/C24H30N4O4/c1-17(29)25-21(16-18-8-4-3-5-9-18)23(30)26-19-12-14-28(15-13-19)24(31)27-20-10-6-7-11-22(20)32-2/h3-11,19,21H,12-16H2,1-2H3,(H,25,29)(H,26,30)(H,27,31). The van der Waals surface area contributed by atoms with E-state index < -0.39 is 6.04 Å². The number of hydrogen-bond acceptors (Lipinski definition) is 4. The molecule has 0 aliphatic carbocycles. The van der Waals surface area contributed by atoms with Crippen molar-refractivity contribution >= 4 is 23.5 Å². The number of likely N-dealkylation sites (tertiary alicyclic amines) is 1. The number of para-hydroxylation sites is 2. The number of carbonyl (C=O) groups excluding carboxylic acids is 3. The number of rotatable bonds is 7. The summed E-state index contributed by atoms with van der Waals surface area (Å²) in [4.78, 5) is 38.8. The molecule has 1 aliphatic rings. The Morgan fingerprint density at radius 1 is 1.03 bits per heavy atom. The van der Waals surface area contributed by atoms with Crippen molar-refractivity contribution in [1.29, 1.82) is 0 Å². The van der Waals surface area contributed by atoms with Crippen LogP contribution in [-0.2, 0) is 16.0 Å². The molecule has 0 spiro atoms. The molecular weight excluding hydrogens is 408 g/mol. The highest BCUT2D eigenvalue weighted by Gasteiger charge is 2.27. The zero-order valence-electron chi connectivity index (χ0n) is 18.5. The Bertz CT molecular complexity index is 927. The molecule has 32 heavy (non-hydrogen) atoms. The number of nitrogens with zero attached hydrogens (tertiary/aromatic N) is 1. The maximum atomic E-state index is 12.8. The van der Waals surface area contributed by atoms with Gasteiger partial charge in [0.15, 0.2) is 0 Å². The number of ether oxygens (including phenoxy) is 1. The van der Waals surface area contributed by atoms with Crippen molar-refractivity contribution in [3.05, 3.63) is 60.2 Å². The monoisotopic (exact) mass is 438 g/mol. The minimum atomic E-state index is -0.637. The van der Waals surface area contributed by atoms with E-state index in [1.165, 1.54) is 6.92 Å². The lowest BCUT2D eigenvalue weighted by atomic mass is 10.0. The first-order valence-electron chi connectivity index (χ1n) is 10.8. The van der Waals surface area contributed by atoms with Crippen LogP contribution in [0.25, 0.3) is 0 Å². The molecule has 8 nitrogen and oxygen atoms in total. The van der Waals surface area contributed by atoms with E-state index in [0.29, 0.717) is 43.8 Å². The minimum Gasteiger partial charge on any atom is -0.495 e. The SMILES string of the molecule is COc1ccccc1NC(=O)N1CCC(NC(=O)C(Cc2ccccc2)NC(C)=O)CC1. The number of benzene rings is 2. The maximum absolute atomic E-state index is 12.8. The van der Waals surface area contributed by atoms with E-state index in [-0.39, 0.29) is 23.9 Å². The highest BCUT2D eigenvalue weighted by Crippen LogP contribution is 2.24. The van der Waals surface area contributed by atoms with E-state index in [0.717, 1.165) is 5.56 Å². The van der Waals surface area contributed by atoms with Gasteiger partial charge in [-0.3, -0.25) is 9.59 Å². The highest BCUT2D eigenvalue weighted by atomic mass is 16.5. The van der Waals surface area contributed by atoms with Crippen LogP contribution < -0.4 is 20.7 Å². The molecule has 1 saturated heterocycles. The number of nitrogens with one attached hydrogen (secondary N) is 3. The van der Waals surface area contributed by atoms with Crippen molar-refractivity contribution in [2.75, 3.05) is 25.5 Å². The summed E-state index contributed by atoms with van der Waals surface area (Å²) >= 11 is 0. The molecule has 0 saturated carbocycles. The molecule has 8 heteroatoms. The maximum Gasteiger partial charge on any atom is 0.321 e. The second-order valence-corrected chi connectivity index (χ2v) is 7.84. The van der Waals surface area contributed by atoms with Gasteiger partial charge >= 0.3 is 6.03 Å². The van der Waals surface area contributed by atoms with Crippen molar-refractivity contribution in [2.24, 2.45) is 0 Å². The molecular formula is C24H30N4O4. The Hall–Kier alpha value is -3.55. The van der Waals surface area contributed by atoms with Crippen molar-refractivity contribution < 1.29 is 19.1 Å². The summed E-state index contributed by atoms with van der Waals surface area (Å²) in [6, 6.07) is 16.0. The lowest BCUT2D eigenvalue weighted by Gasteiger charge is -2.33. The first-order chi connectivity index (χ1) is 15.5. The summed E-state index contributed by atoms with van der Waals surface area (Å²) in [5.41, 5.74) is 1.60. The predicted molar refractivity (Wildman–Crippen MR) is 123 cm³/mol. The molecule has 4 amide bonds. The van der Waals surface area contributed by atoms with Crippen LogP contribution in [-0.4, -0.2) is 55.0 Å². The summed E-state index contributed by atoms with van der Waals surface area (Å²) in [6.45, 7) is 2.45. The van der Waals surface area contributed by atoms with E-state index in [2.05, 4.69) is 16.0 Å². The van der Waals surface area contributed by atoms with Gasteiger partial charge < -0.3 is 25.6 Å². The van der Waals surface area contributed by atoms with Crippen molar-refractivity contribution in [2.45, 2.75) is 38.3 Å². The summed E-state index contributed by atoms with van der Waals surface area (Å²) in [5, 5.41) is 8.67. The van der Waals surface area contributed by atoms with Gasteiger partial charge in [0.1, 0.15) is 11.8 Å². The van der Waals surface area contributed by atoms with Gasteiger partial charge in [0.25, 0.3) is 0 Å². The van der Waals surface area contributed by atoms with Gasteiger partial charge in [0.05, 0.1) is 12.8 Å². The Kier molecular flexibility index (Phi) is 8.08. The smallest absolute Gasteiger partial charge is 0.321 e. The van der Waals surface area contributed by atoms with E-state index in [1.54, 1.807) is 24.1 Å². The number of amides is 4. The first kappa shape index (κ1) is 23.1. The molecule has 1 unspecified atom stereocenters. The van der Waals surface area contributed by atoms with Crippen molar-refractivity contribution in [1.82, 2.24) is 15.5 Å². The Balaban J connectivity index is 1.52. The number of piperidine rings is 1. The average molecular weight is 439 g/mol. The van der Waals surface area contributed by atoms with Gasteiger partial charge in [-0.15, -0.1) is 0 Å². The quantitative estimate of drug-likeness (QED) is 0.619. The lowest BCUT2D eigenvalue weighted by Crippen LogP contribution is -2.53. The van der Waals surface area contributed by atoms with Crippen LogP contribution in [0.4, 0.5) is 10.5 Å². The van der Waals surface area contributed by atoms with Crippen LogP contribution in [0.2, 0.25) is 0 Å². The number of anilines is 1. The molecule has 3 N–H and O–H groups in total. The van der Waals surface area contributed by atoms with Gasteiger partial charge in [-0.25, -0.2) is 4.79 Å². The van der Waals surface area contributed by atoms with Crippen molar-refractivity contribution in [3.63, 3.8) is 0 Å². The minimum absolute atomic E-state index is 0.0511. The van der Waals surface area contributed by atoms with Crippen LogP contribution >= 0.6 is 0 Å². The second-order valence-electron chi connectivity index (χ2n) is 7.84. The third kappa shape index (κ3) is 6.47. The van der Waals surface area contributed by atoms with Gasteiger partial charge in [0, 0.05) is 32.5 Å². The Morgan fingerprint density at radius 2 is 1.69 bits per heavy atom. The third-order valence-corrected chi connectivity index (χ3v) is 5.45. The molecule has 2 aromatic rings. The molecule has 1 aliphatic heterocycles. The lowest BCUT2D eigenvalue weighted by molar-refractivity contribution is -0.128.